The molecule has 0 aliphatic carbocycles. The molecular formula is C34H21N3S2. The van der Waals surface area contributed by atoms with E-state index < -0.39 is 0 Å². The van der Waals surface area contributed by atoms with Crippen molar-refractivity contribution in [3.8, 4) is 0 Å². The Bertz CT molecular complexity index is 2440. The minimum absolute atomic E-state index is 0.692. The summed E-state index contributed by atoms with van der Waals surface area (Å²) >= 11 is 3.71. The van der Waals surface area contributed by atoms with Crippen LogP contribution in [0.25, 0.3) is 73.1 Å². The highest BCUT2D eigenvalue weighted by Gasteiger charge is 2.22. The second-order valence-electron chi connectivity index (χ2n) is 10.2. The highest BCUT2D eigenvalue weighted by atomic mass is 32.1. The molecule has 5 aromatic carbocycles. The molecule has 0 saturated carbocycles. The lowest BCUT2D eigenvalue weighted by molar-refractivity contribution is 0.834. The van der Waals surface area contributed by atoms with Gasteiger partial charge in [0.2, 0.25) is 0 Å². The minimum atomic E-state index is 0.692. The molecule has 5 heteroatoms. The number of fused-ring (bicyclic) bond motifs is 13. The third kappa shape index (κ3) is 2.92. The summed E-state index contributed by atoms with van der Waals surface area (Å²) < 4.78 is 7.64. The van der Waals surface area contributed by atoms with Crippen LogP contribution in [0.4, 0.5) is 0 Å². The molecule has 0 aliphatic rings. The van der Waals surface area contributed by atoms with Gasteiger partial charge in [0.15, 0.2) is 0 Å². The average molecular weight is 536 g/mol. The summed E-state index contributed by atoms with van der Waals surface area (Å²) in [6.07, 6.45) is 0. The molecule has 0 bridgehead atoms. The first-order valence-corrected chi connectivity index (χ1v) is 14.8. The average Bonchev–Trinajstić information content (AvgIpc) is 3.64. The lowest BCUT2D eigenvalue weighted by Crippen LogP contribution is -2.04. The smallest absolute Gasteiger partial charge is 0.126 e. The van der Waals surface area contributed by atoms with E-state index in [2.05, 4.69) is 102 Å². The lowest BCUT2D eigenvalue weighted by Gasteiger charge is -2.11. The summed E-state index contributed by atoms with van der Waals surface area (Å²) in [5.74, 6) is 0.818. The van der Waals surface area contributed by atoms with Crippen LogP contribution in [0, 0.1) is 6.92 Å². The van der Waals surface area contributed by atoms with Crippen LogP contribution in [-0.2, 0) is 6.54 Å². The van der Waals surface area contributed by atoms with Gasteiger partial charge in [-0.25, -0.2) is 9.97 Å². The Balaban J connectivity index is 1.46. The Morgan fingerprint density at radius 3 is 2.03 bits per heavy atom. The number of aryl methyl sites for hydroxylation is 1. The molecule has 0 saturated heterocycles. The molecule has 0 unspecified atom stereocenters. The topological polar surface area (TPSA) is 30.7 Å². The molecule has 0 aliphatic heterocycles. The molecule has 0 radical (unpaired) electrons. The lowest BCUT2D eigenvalue weighted by atomic mass is 10.00. The van der Waals surface area contributed by atoms with Crippen LogP contribution in [-0.4, -0.2) is 14.5 Å². The summed E-state index contributed by atoms with van der Waals surface area (Å²) in [5.41, 5.74) is 4.68. The Morgan fingerprint density at radius 1 is 0.590 bits per heavy atom. The second-order valence-corrected chi connectivity index (χ2v) is 12.3. The van der Waals surface area contributed by atoms with Gasteiger partial charge in [-0.1, -0.05) is 78.9 Å². The summed E-state index contributed by atoms with van der Waals surface area (Å²) in [6, 6.07) is 35.2. The zero-order valence-electron chi connectivity index (χ0n) is 21.1. The third-order valence-electron chi connectivity index (χ3n) is 7.95. The summed E-state index contributed by atoms with van der Waals surface area (Å²) in [5, 5.41) is 9.17. The van der Waals surface area contributed by atoms with Gasteiger partial charge in [0.1, 0.15) is 5.82 Å². The summed E-state index contributed by atoms with van der Waals surface area (Å²) in [7, 11) is 0. The van der Waals surface area contributed by atoms with E-state index in [1.165, 1.54) is 67.5 Å². The van der Waals surface area contributed by atoms with Crippen molar-refractivity contribution in [3.63, 3.8) is 0 Å². The first kappa shape index (κ1) is 21.6. The van der Waals surface area contributed by atoms with Crippen LogP contribution >= 0.6 is 22.7 Å². The largest absolute Gasteiger partial charge is 0.334 e. The summed E-state index contributed by atoms with van der Waals surface area (Å²) in [6.45, 7) is 2.70. The van der Waals surface area contributed by atoms with E-state index in [0.717, 1.165) is 17.0 Å². The first-order chi connectivity index (χ1) is 19.3. The normalized spacial score (nSPS) is 12.3. The Labute approximate surface area is 231 Å². The number of hydrogen-bond acceptors (Lipinski definition) is 4. The quantitative estimate of drug-likeness (QED) is 0.220. The zero-order valence-corrected chi connectivity index (χ0v) is 22.7. The van der Waals surface area contributed by atoms with Crippen molar-refractivity contribution in [1.82, 2.24) is 14.5 Å². The predicted octanol–water partition coefficient (Wildman–Crippen LogP) is 9.83. The maximum absolute atomic E-state index is 5.04. The second kappa shape index (κ2) is 7.85. The number of rotatable bonds is 2. The standard InChI is InChI=1S/C34H21N3S2/c1-19-35-25(33-31(36-19)24-14-6-9-17-28(24)38-33)18-37-26-15-7-4-12-22(26)30-32(37)21-11-3-2-10-20(21)29-23-13-5-8-16-27(23)39-34(29)30/h2-17H,18H2,1H3. The van der Waals surface area contributed by atoms with E-state index >= 15 is 0 Å². The van der Waals surface area contributed by atoms with Gasteiger partial charge in [-0.2, -0.15) is 0 Å². The van der Waals surface area contributed by atoms with Gasteiger partial charge in [-0.3, -0.25) is 0 Å². The minimum Gasteiger partial charge on any atom is -0.334 e. The molecule has 0 fully saturated rings. The first-order valence-electron chi connectivity index (χ1n) is 13.1. The SMILES string of the molecule is Cc1nc(Cn2c3ccccc3c3c4sc5ccccc5c4c4ccccc4c32)c2sc3ccccc3c2n1. The highest BCUT2D eigenvalue weighted by Crippen LogP contribution is 2.47. The van der Waals surface area contributed by atoms with E-state index in [-0.39, 0.29) is 0 Å². The van der Waals surface area contributed by atoms with E-state index in [0.29, 0.717) is 6.54 Å². The fraction of sp³-hybridized carbons (Fsp3) is 0.0588. The fourth-order valence-electron chi connectivity index (χ4n) is 6.40. The number of para-hydroxylation sites is 1. The molecule has 0 amide bonds. The van der Waals surface area contributed by atoms with Crippen molar-refractivity contribution in [2.45, 2.75) is 13.5 Å². The molecule has 0 atom stereocenters. The van der Waals surface area contributed by atoms with Gasteiger partial charge in [-0.05, 0) is 30.5 Å². The van der Waals surface area contributed by atoms with Crippen LogP contribution in [0.3, 0.4) is 0 Å². The number of nitrogens with zero attached hydrogens (tertiary/aromatic N) is 3. The maximum Gasteiger partial charge on any atom is 0.126 e. The van der Waals surface area contributed by atoms with Crippen LogP contribution in [0.1, 0.15) is 11.5 Å². The maximum atomic E-state index is 5.04. The molecule has 3 nitrogen and oxygen atoms in total. The molecule has 9 rings (SSSR count). The highest BCUT2D eigenvalue weighted by molar-refractivity contribution is 7.27. The molecule has 9 aromatic rings. The summed E-state index contributed by atoms with van der Waals surface area (Å²) in [4.78, 5) is 9.93. The fourth-order valence-corrected chi connectivity index (χ4v) is 8.80. The molecule has 39 heavy (non-hydrogen) atoms. The van der Waals surface area contributed by atoms with E-state index in [9.17, 15) is 0 Å². The van der Waals surface area contributed by atoms with Gasteiger partial charge >= 0.3 is 0 Å². The van der Waals surface area contributed by atoms with Crippen LogP contribution < -0.4 is 0 Å². The van der Waals surface area contributed by atoms with Crippen molar-refractivity contribution in [2.75, 3.05) is 0 Å². The van der Waals surface area contributed by atoms with Gasteiger partial charge in [-0.15, -0.1) is 22.7 Å². The van der Waals surface area contributed by atoms with Crippen molar-refractivity contribution in [2.24, 2.45) is 0 Å². The predicted molar refractivity (Wildman–Crippen MR) is 169 cm³/mol. The molecule has 184 valence electrons. The van der Waals surface area contributed by atoms with E-state index in [4.69, 9.17) is 9.97 Å². The zero-order chi connectivity index (χ0) is 25.7. The monoisotopic (exact) mass is 535 g/mol. The number of benzene rings is 5. The van der Waals surface area contributed by atoms with Crippen molar-refractivity contribution in [3.05, 3.63) is 109 Å². The van der Waals surface area contributed by atoms with Gasteiger partial charge < -0.3 is 4.57 Å². The van der Waals surface area contributed by atoms with E-state index in [1.807, 2.05) is 18.3 Å². The molecule has 4 heterocycles. The Morgan fingerprint density at radius 2 is 1.21 bits per heavy atom. The third-order valence-corrected chi connectivity index (χ3v) is 10.4. The molecule has 0 N–H and O–H groups in total. The van der Waals surface area contributed by atoms with Crippen molar-refractivity contribution < 1.29 is 0 Å². The number of thiophene rings is 2. The molecule has 4 aromatic heterocycles. The van der Waals surface area contributed by atoms with Gasteiger partial charge in [0.05, 0.1) is 28.0 Å². The van der Waals surface area contributed by atoms with Crippen LogP contribution in [0.15, 0.2) is 97.1 Å². The van der Waals surface area contributed by atoms with Gasteiger partial charge in [0.25, 0.3) is 0 Å². The van der Waals surface area contributed by atoms with Crippen LogP contribution in [0.5, 0.6) is 0 Å². The van der Waals surface area contributed by atoms with E-state index in [1.54, 1.807) is 11.3 Å². The van der Waals surface area contributed by atoms with Crippen molar-refractivity contribution >= 4 is 95.7 Å². The van der Waals surface area contributed by atoms with Crippen LogP contribution in [0.2, 0.25) is 0 Å². The van der Waals surface area contributed by atoms with Gasteiger partial charge in [0, 0.05) is 51.9 Å². The molecular weight excluding hydrogens is 515 g/mol. The van der Waals surface area contributed by atoms with Crippen molar-refractivity contribution in [1.29, 1.82) is 0 Å². The Kier molecular flexibility index (Phi) is 4.35. The number of aromatic nitrogens is 3. The molecule has 0 spiro atoms. The Hall–Kier alpha value is -4.32. The number of hydrogen-bond donors (Lipinski definition) is 0.